The molecule has 0 aromatic rings. The number of esters is 1. The number of carbonyl (C=O) groups is 1. The van der Waals surface area contributed by atoms with Crippen LogP contribution in [-0.4, -0.2) is 43.3 Å². The first kappa shape index (κ1) is 8.93. The highest BCUT2D eigenvalue weighted by Crippen LogP contribution is 2.32. The molecule has 2 aliphatic heterocycles. The van der Waals surface area contributed by atoms with Crippen molar-refractivity contribution in [2.24, 2.45) is 5.92 Å². The maximum Gasteiger partial charge on any atom is 0.332 e. The molecule has 2 fully saturated rings. The van der Waals surface area contributed by atoms with E-state index in [2.05, 4.69) is 0 Å². The summed E-state index contributed by atoms with van der Waals surface area (Å²) >= 11 is 0. The zero-order valence-electron chi connectivity index (χ0n) is 7.14. The first-order valence-electron chi connectivity index (χ1n) is 4.35. The lowest BCUT2D eigenvalue weighted by molar-refractivity contribution is -0.154. The predicted octanol–water partition coefficient (Wildman–Crippen LogP) is -0.717. The van der Waals surface area contributed by atoms with E-state index in [4.69, 9.17) is 19.3 Å². The van der Waals surface area contributed by atoms with Crippen LogP contribution >= 0.6 is 0 Å². The van der Waals surface area contributed by atoms with Gasteiger partial charge in [-0.25, -0.2) is 4.79 Å². The molecule has 5 nitrogen and oxygen atoms in total. The van der Waals surface area contributed by atoms with Crippen molar-refractivity contribution >= 4 is 5.97 Å². The Hall–Kier alpha value is -0.650. The summed E-state index contributed by atoms with van der Waals surface area (Å²) in [6.45, 7) is 0.457. The van der Waals surface area contributed by atoms with E-state index in [1.54, 1.807) is 0 Å². The summed E-state index contributed by atoms with van der Waals surface area (Å²) < 4.78 is 15.5. The molecule has 2 saturated heterocycles. The second-order valence-corrected chi connectivity index (χ2v) is 3.21. The van der Waals surface area contributed by atoms with Crippen molar-refractivity contribution in [3.63, 3.8) is 0 Å². The zero-order valence-corrected chi connectivity index (χ0v) is 7.14. The Morgan fingerprint density at radius 1 is 1.54 bits per heavy atom. The van der Waals surface area contributed by atoms with Gasteiger partial charge in [-0.2, -0.15) is 0 Å². The molecular formula is C8H12O5. The lowest BCUT2D eigenvalue weighted by Crippen LogP contribution is -2.27. The maximum absolute atomic E-state index is 10.8. The number of ether oxygens (including phenoxy) is 3. The van der Waals surface area contributed by atoms with Gasteiger partial charge in [-0.1, -0.05) is 0 Å². The minimum atomic E-state index is -0.596. The highest BCUT2D eigenvalue weighted by Gasteiger charge is 2.43. The van der Waals surface area contributed by atoms with E-state index in [9.17, 15) is 4.79 Å². The Kier molecular flexibility index (Phi) is 2.48. The van der Waals surface area contributed by atoms with Crippen molar-refractivity contribution in [2.45, 2.75) is 18.8 Å². The van der Waals surface area contributed by atoms with Crippen LogP contribution in [0.4, 0.5) is 0 Å². The van der Waals surface area contributed by atoms with Gasteiger partial charge in [0.05, 0.1) is 19.1 Å². The van der Waals surface area contributed by atoms with Crippen molar-refractivity contribution < 1.29 is 24.1 Å². The van der Waals surface area contributed by atoms with Crippen LogP contribution in [0.2, 0.25) is 0 Å². The Balaban J connectivity index is 1.90. The predicted molar refractivity (Wildman–Crippen MR) is 40.8 cm³/mol. The molecule has 0 radical (unpaired) electrons. The molecule has 2 heterocycles. The largest absolute Gasteiger partial charge is 0.458 e. The van der Waals surface area contributed by atoms with E-state index in [1.165, 1.54) is 0 Å². The second-order valence-electron chi connectivity index (χ2n) is 3.21. The van der Waals surface area contributed by atoms with Gasteiger partial charge in [0, 0.05) is 0 Å². The average Bonchev–Trinajstić information content (AvgIpc) is 2.69. The number of rotatable bonds is 2. The van der Waals surface area contributed by atoms with E-state index in [-0.39, 0.29) is 18.3 Å². The first-order chi connectivity index (χ1) is 6.31. The molecule has 2 rings (SSSR count). The second kappa shape index (κ2) is 3.61. The molecule has 2 aliphatic rings. The summed E-state index contributed by atoms with van der Waals surface area (Å²) in [4.78, 5) is 10.8. The minimum Gasteiger partial charge on any atom is -0.458 e. The standard InChI is InChI=1S/C8H12O5/c9-3-7(10)13-6-4-12-8-5(6)1-2-11-8/h5-6,8-9H,1-4H2/t5-,6-,8+/m0/s1. The lowest BCUT2D eigenvalue weighted by atomic mass is 10.0. The zero-order chi connectivity index (χ0) is 9.26. The molecule has 13 heavy (non-hydrogen) atoms. The van der Waals surface area contributed by atoms with Gasteiger partial charge in [0.2, 0.25) is 0 Å². The van der Waals surface area contributed by atoms with Crippen molar-refractivity contribution in [1.29, 1.82) is 0 Å². The topological polar surface area (TPSA) is 65.0 Å². The maximum atomic E-state index is 10.8. The normalized spacial score (nSPS) is 37.5. The Labute approximate surface area is 75.6 Å². The van der Waals surface area contributed by atoms with Crippen LogP contribution in [0.1, 0.15) is 6.42 Å². The van der Waals surface area contributed by atoms with Crippen LogP contribution < -0.4 is 0 Å². The average molecular weight is 188 g/mol. The number of aliphatic hydroxyl groups is 1. The van der Waals surface area contributed by atoms with Crippen LogP contribution in [0.5, 0.6) is 0 Å². The van der Waals surface area contributed by atoms with Gasteiger partial charge in [-0.05, 0) is 6.42 Å². The highest BCUT2D eigenvalue weighted by molar-refractivity contribution is 5.70. The molecule has 5 heteroatoms. The van der Waals surface area contributed by atoms with Crippen molar-refractivity contribution in [3.05, 3.63) is 0 Å². The molecule has 0 unspecified atom stereocenters. The van der Waals surface area contributed by atoms with Gasteiger partial charge in [-0.3, -0.25) is 0 Å². The van der Waals surface area contributed by atoms with E-state index in [0.717, 1.165) is 6.42 Å². The smallest absolute Gasteiger partial charge is 0.332 e. The van der Waals surface area contributed by atoms with Gasteiger partial charge in [-0.15, -0.1) is 0 Å². The minimum absolute atomic E-state index is 0.149. The fraction of sp³-hybridized carbons (Fsp3) is 0.875. The quantitative estimate of drug-likeness (QED) is 0.579. The summed E-state index contributed by atoms with van der Waals surface area (Å²) in [6, 6.07) is 0. The number of hydrogen-bond acceptors (Lipinski definition) is 5. The summed E-state index contributed by atoms with van der Waals surface area (Å²) in [5, 5.41) is 8.49. The highest BCUT2D eigenvalue weighted by atomic mass is 16.7. The molecule has 0 spiro atoms. The molecule has 0 aromatic carbocycles. The van der Waals surface area contributed by atoms with Crippen LogP contribution in [0, 0.1) is 5.92 Å². The molecule has 74 valence electrons. The van der Waals surface area contributed by atoms with Gasteiger partial charge in [0.1, 0.15) is 12.7 Å². The summed E-state index contributed by atoms with van der Waals surface area (Å²) in [6.07, 6.45) is 0.400. The van der Waals surface area contributed by atoms with E-state index in [1.807, 2.05) is 0 Å². The van der Waals surface area contributed by atoms with E-state index >= 15 is 0 Å². The van der Waals surface area contributed by atoms with Gasteiger partial charge < -0.3 is 19.3 Å². The molecular weight excluding hydrogens is 176 g/mol. The summed E-state index contributed by atoms with van der Waals surface area (Å²) in [7, 11) is 0. The van der Waals surface area contributed by atoms with Crippen LogP contribution in [0.25, 0.3) is 0 Å². The van der Waals surface area contributed by atoms with Gasteiger partial charge in [0.25, 0.3) is 0 Å². The van der Waals surface area contributed by atoms with E-state index in [0.29, 0.717) is 13.2 Å². The molecule has 0 bridgehead atoms. The third-order valence-electron chi connectivity index (χ3n) is 2.40. The third-order valence-corrected chi connectivity index (χ3v) is 2.40. The number of fused-ring (bicyclic) bond motifs is 1. The third kappa shape index (κ3) is 1.67. The molecule has 0 saturated carbocycles. The Morgan fingerprint density at radius 3 is 3.15 bits per heavy atom. The fourth-order valence-corrected chi connectivity index (χ4v) is 1.75. The lowest BCUT2D eigenvalue weighted by Gasteiger charge is -2.14. The van der Waals surface area contributed by atoms with Crippen molar-refractivity contribution in [3.8, 4) is 0 Å². The molecule has 3 atom stereocenters. The molecule has 0 amide bonds. The fourth-order valence-electron chi connectivity index (χ4n) is 1.75. The number of aliphatic hydroxyl groups excluding tert-OH is 1. The first-order valence-corrected chi connectivity index (χ1v) is 4.35. The van der Waals surface area contributed by atoms with E-state index < -0.39 is 12.6 Å². The van der Waals surface area contributed by atoms with Crippen LogP contribution in [0.15, 0.2) is 0 Å². The van der Waals surface area contributed by atoms with Gasteiger partial charge >= 0.3 is 5.97 Å². The summed E-state index contributed by atoms with van der Waals surface area (Å²) in [5.74, 6) is -0.448. The monoisotopic (exact) mass is 188 g/mol. The number of hydrogen-bond donors (Lipinski definition) is 1. The van der Waals surface area contributed by atoms with Crippen molar-refractivity contribution in [1.82, 2.24) is 0 Å². The summed E-state index contributed by atoms with van der Waals surface area (Å²) in [5.41, 5.74) is 0. The van der Waals surface area contributed by atoms with Crippen molar-refractivity contribution in [2.75, 3.05) is 19.8 Å². The van der Waals surface area contributed by atoms with Crippen LogP contribution in [0.3, 0.4) is 0 Å². The van der Waals surface area contributed by atoms with Gasteiger partial charge in [0.15, 0.2) is 6.29 Å². The SMILES string of the molecule is O=C(CO)O[C@H]1CO[C@H]2OCC[C@H]21. The molecule has 0 aromatic heterocycles. The molecule has 0 aliphatic carbocycles. The van der Waals surface area contributed by atoms with Crippen LogP contribution in [-0.2, 0) is 19.0 Å². The number of carbonyl (C=O) groups excluding carboxylic acids is 1. The Bertz CT molecular complexity index is 205. The molecule has 1 N–H and O–H groups in total. The Morgan fingerprint density at radius 2 is 2.38 bits per heavy atom.